The molecule has 1 saturated heterocycles. The Kier molecular flexibility index (Phi) is 7.16. The molecular weight excluding hydrogens is 316 g/mol. The summed E-state index contributed by atoms with van der Waals surface area (Å²) in [7, 11) is 1.60. The van der Waals surface area contributed by atoms with Crippen molar-refractivity contribution in [2.24, 2.45) is 0 Å². The van der Waals surface area contributed by atoms with E-state index in [0.717, 1.165) is 11.3 Å². The van der Waals surface area contributed by atoms with Crippen LogP contribution in [0.3, 0.4) is 0 Å². The van der Waals surface area contributed by atoms with Crippen LogP contribution < -0.4 is 4.74 Å². The lowest BCUT2D eigenvalue weighted by Crippen LogP contribution is -2.59. The van der Waals surface area contributed by atoms with Crippen molar-refractivity contribution >= 4 is 0 Å². The monoisotopic (exact) mass is 340 g/mol. The van der Waals surface area contributed by atoms with Gasteiger partial charge >= 0.3 is 0 Å². The summed E-state index contributed by atoms with van der Waals surface area (Å²) in [6.45, 7) is 4.02. The molecule has 7 nitrogen and oxygen atoms in total. The minimum Gasteiger partial charge on any atom is -0.497 e. The highest BCUT2D eigenvalue weighted by Crippen LogP contribution is 2.23. The van der Waals surface area contributed by atoms with E-state index in [1.807, 2.05) is 24.3 Å². The van der Waals surface area contributed by atoms with Crippen LogP contribution in [0.15, 0.2) is 36.9 Å². The minimum atomic E-state index is -1.45. The molecule has 0 aromatic heterocycles. The average molecular weight is 340 g/mol. The van der Waals surface area contributed by atoms with Crippen molar-refractivity contribution in [3.63, 3.8) is 0 Å². The molecule has 1 aromatic rings. The van der Waals surface area contributed by atoms with Crippen LogP contribution in [-0.4, -0.2) is 66.3 Å². The van der Waals surface area contributed by atoms with Crippen molar-refractivity contribution in [3.05, 3.63) is 42.5 Å². The van der Waals surface area contributed by atoms with Crippen molar-refractivity contribution < 1.29 is 34.3 Å². The zero-order chi connectivity index (χ0) is 17.5. The maximum Gasteiger partial charge on any atom is 0.184 e. The number of benzene rings is 1. The predicted molar refractivity (Wildman–Crippen MR) is 85.5 cm³/mol. The van der Waals surface area contributed by atoms with Gasteiger partial charge in [0.15, 0.2) is 6.29 Å². The first-order chi connectivity index (χ1) is 11.6. The second-order valence-electron chi connectivity index (χ2n) is 5.50. The van der Waals surface area contributed by atoms with Crippen LogP contribution >= 0.6 is 0 Å². The van der Waals surface area contributed by atoms with Gasteiger partial charge < -0.3 is 34.3 Å². The first-order valence-corrected chi connectivity index (χ1v) is 7.69. The van der Waals surface area contributed by atoms with Crippen molar-refractivity contribution in [2.45, 2.75) is 37.3 Å². The molecule has 1 aliphatic heterocycles. The average Bonchev–Trinajstić information content (AvgIpc) is 2.60. The summed E-state index contributed by atoms with van der Waals surface area (Å²) in [6, 6.07) is 7.38. The fraction of sp³-hybridized carbons (Fsp3) is 0.529. The number of aliphatic hydroxyl groups excluding tert-OH is 3. The van der Waals surface area contributed by atoms with Gasteiger partial charge in [-0.15, -0.1) is 6.58 Å². The molecule has 0 bridgehead atoms. The van der Waals surface area contributed by atoms with E-state index >= 15 is 0 Å². The van der Waals surface area contributed by atoms with E-state index in [9.17, 15) is 15.3 Å². The minimum absolute atomic E-state index is 0.0466. The maximum absolute atomic E-state index is 10.3. The van der Waals surface area contributed by atoms with Gasteiger partial charge in [-0.1, -0.05) is 18.2 Å². The molecular formula is C17H24O7. The van der Waals surface area contributed by atoms with Crippen molar-refractivity contribution in [3.8, 4) is 5.75 Å². The van der Waals surface area contributed by atoms with Crippen LogP contribution in [0.5, 0.6) is 5.75 Å². The summed E-state index contributed by atoms with van der Waals surface area (Å²) in [5.74, 6) is 0.754. The van der Waals surface area contributed by atoms with Crippen molar-refractivity contribution in [1.29, 1.82) is 0 Å². The molecule has 1 aromatic carbocycles. The van der Waals surface area contributed by atoms with E-state index in [1.54, 1.807) is 7.11 Å². The molecule has 1 aliphatic rings. The zero-order valence-electron chi connectivity index (χ0n) is 13.6. The fourth-order valence-electron chi connectivity index (χ4n) is 2.44. The van der Waals surface area contributed by atoms with Crippen LogP contribution in [0.1, 0.15) is 5.56 Å². The molecule has 134 valence electrons. The Morgan fingerprint density at radius 2 is 1.88 bits per heavy atom. The molecule has 5 atom stereocenters. The molecule has 0 amide bonds. The van der Waals surface area contributed by atoms with E-state index in [4.69, 9.17) is 18.9 Å². The zero-order valence-corrected chi connectivity index (χ0v) is 13.6. The van der Waals surface area contributed by atoms with Gasteiger partial charge in [0.2, 0.25) is 0 Å². The summed E-state index contributed by atoms with van der Waals surface area (Å²) >= 11 is 0. The number of ether oxygens (including phenoxy) is 4. The van der Waals surface area contributed by atoms with Crippen molar-refractivity contribution in [1.82, 2.24) is 0 Å². The standard InChI is InChI=1S/C17H24O7/c1-3-8-23-16-14(18)13(24-17(20)15(16)19)10-22-9-11-4-6-12(21-2)7-5-11/h3-7,13-20H,1,8-10H2,2H3/t13-,14+,15-,16-,17+/m0/s1. The number of methoxy groups -OCH3 is 1. The molecule has 1 heterocycles. The summed E-state index contributed by atoms with van der Waals surface area (Å²) in [5, 5.41) is 29.9. The van der Waals surface area contributed by atoms with Crippen LogP contribution in [0.25, 0.3) is 0 Å². The first-order valence-electron chi connectivity index (χ1n) is 7.69. The Labute approximate surface area is 141 Å². The smallest absolute Gasteiger partial charge is 0.184 e. The number of aliphatic hydroxyl groups is 3. The number of rotatable bonds is 8. The second-order valence-corrected chi connectivity index (χ2v) is 5.50. The Morgan fingerprint density at radius 1 is 1.17 bits per heavy atom. The molecule has 0 unspecified atom stereocenters. The topological polar surface area (TPSA) is 97.6 Å². The molecule has 2 rings (SSSR count). The molecule has 0 spiro atoms. The van der Waals surface area contributed by atoms with Gasteiger partial charge in [-0.25, -0.2) is 0 Å². The van der Waals surface area contributed by atoms with E-state index in [2.05, 4.69) is 6.58 Å². The Hall–Kier alpha value is -1.48. The van der Waals surface area contributed by atoms with Crippen LogP contribution in [0.4, 0.5) is 0 Å². The normalized spacial score (nSPS) is 30.1. The van der Waals surface area contributed by atoms with Gasteiger partial charge in [0.05, 0.1) is 26.9 Å². The molecule has 0 radical (unpaired) electrons. The number of hydrogen-bond acceptors (Lipinski definition) is 7. The van der Waals surface area contributed by atoms with Crippen LogP contribution in [0, 0.1) is 0 Å². The van der Waals surface area contributed by atoms with Gasteiger partial charge in [0.25, 0.3) is 0 Å². The Bertz CT molecular complexity index is 504. The summed E-state index contributed by atoms with van der Waals surface area (Å²) in [4.78, 5) is 0. The highest BCUT2D eigenvalue weighted by Gasteiger charge is 2.44. The summed E-state index contributed by atoms with van der Waals surface area (Å²) < 4.78 is 21.1. The number of hydrogen-bond donors (Lipinski definition) is 3. The predicted octanol–water partition coefficient (Wildman–Crippen LogP) is 0.222. The quantitative estimate of drug-likeness (QED) is 0.583. The first kappa shape index (κ1) is 18.9. The van der Waals surface area contributed by atoms with Gasteiger partial charge in [-0.2, -0.15) is 0 Å². The van der Waals surface area contributed by atoms with Gasteiger partial charge in [0.1, 0.15) is 30.2 Å². The lowest BCUT2D eigenvalue weighted by Gasteiger charge is -2.40. The molecule has 1 fully saturated rings. The second kappa shape index (κ2) is 9.12. The molecule has 24 heavy (non-hydrogen) atoms. The molecule has 0 aliphatic carbocycles. The summed E-state index contributed by atoms with van der Waals surface area (Å²) in [5.41, 5.74) is 0.932. The third-order valence-electron chi connectivity index (χ3n) is 3.78. The van der Waals surface area contributed by atoms with Gasteiger partial charge in [-0.05, 0) is 17.7 Å². The van der Waals surface area contributed by atoms with Gasteiger partial charge in [-0.3, -0.25) is 0 Å². The fourth-order valence-corrected chi connectivity index (χ4v) is 2.44. The molecule has 7 heteroatoms. The van der Waals surface area contributed by atoms with Crippen LogP contribution in [-0.2, 0) is 20.8 Å². The van der Waals surface area contributed by atoms with Crippen LogP contribution in [0.2, 0.25) is 0 Å². The summed E-state index contributed by atoms with van der Waals surface area (Å²) in [6.07, 6.45) is -4.19. The SMILES string of the molecule is C=CCO[C@@H]1[C@H](O)[C@H](O)O[C@@H](COCc2ccc(OC)cc2)[C@H]1O. The largest absolute Gasteiger partial charge is 0.497 e. The highest BCUT2D eigenvalue weighted by molar-refractivity contribution is 5.26. The lowest BCUT2D eigenvalue weighted by molar-refractivity contribution is -0.295. The Morgan fingerprint density at radius 3 is 2.50 bits per heavy atom. The lowest BCUT2D eigenvalue weighted by atomic mass is 9.99. The third kappa shape index (κ3) is 4.76. The van der Waals surface area contributed by atoms with Crippen molar-refractivity contribution in [2.75, 3.05) is 20.3 Å². The maximum atomic E-state index is 10.3. The third-order valence-corrected chi connectivity index (χ3v) is 3.78. The Balaban J connectivity index is 1.86. The van der Waals surface area contributed by atoms with E-state index < -0.39 is 30.7 Å². The van der Waals surface area contributed by atoms with E-state index in [0.29, 0.717) is 6.61 Å². The van der Waals surface area contributed by atoms with E-state index in [-0.39, 0.29) is 13.2 Å². The van der Waals surface area contributed by atoms with Gasteiger partial charge in [0, 0.05) is 0 Å². The van der Waals surface area contributed by atoms with E-state index in [1.165, 1.54) is 6.08 Å². The molecule has 3 N–H and O–H groups in total. The highest BCUT2D eigenvalue weighted by atomic mass is 16.7. The molecule has 0 saturated carbocycles.